The molecule has 1 atom stereocenters. The lowest BCUT2D eigenvalue weighted by atomic mass is 9.77. The highest BCUT2D eigenvalue weighted by Crippen LogP contribution is 2.51. The molecule has 1 aliphatic carbocycles. The number of hydrogen-bond acceptors (Lipinski definition) is 2. The van der Waals surface area contributed by atoms with E-state index in [1.54, 1.807) is 6.20 Å². The van der Waals surface area contributed by atoms with Crippen LogP contribution in [-0.2, 0) is 12.1 Å². The molecule has 2 rings (SSSR count). The molecule has 1 aromatic heterocycles. The second-order valence-electron chi connectivity index (χ2n) is 5.13. The standard InChI is InChI=1S/C12H20N2O/c1-4-14-9-8-13-10(14)12(15)7-5-6-11(12,2)3/h8-9,15H,4-7H2,1-3H3. The SMILES string of the molecule is CCn1ccnc1C1(O)CCCC1(C)C. The minimum Gasteiger partial charge on any atom is -0.381 e. The summed E-state index contributed by atoms with van der Waals surface area (Å²) in [5.74, 6) is 0.840. The van der Waals surface area contributed by atoms with Gasteiger partial charge in [0.2, 0.25) is 0 Å². The van der Waals surface area contributed by atoms with E-state index in [-0.39, 0.29) is 5.41 Å². The number of aliphatic hydroxyl groups is 1. The van der Waals surface area contributed by atoms with Gasteiger partial charge in [0.1, 0.15) is 11.4 Å². The first-order valence-electron chi connectivity index (χ1n) is 5.75. The molecule has 1 aromatic rings. The Balaban J connectivity index is 2.45. The van der Waals surface area contributed by atoms with Crippen LogP contribution in [0.25, 0.3) is 0 Å². The maximum absolute atomic E-state index is 10.8. The quantitative estimate of drug-likeness (QED) is 0.809. The molecule has 15 heavy (non-hydrogen) atoms. The van der Waals surface area contributed by atoms with Crippen LogP contribution >= 0.6 is 0 Å². The van der Waals surface area contributed by atoms with Crippen LogP contribution in [0.1, 0.15) is 45.9 Å². The predicted molar refractivity (Wildman–Crippen MR) is 59.4 cm³/mol. The zero-order chi connectivity index (χ0) is 11.1. The Morgan fingerprint density at radius 1 is 1.47 bits per heavy atom. The zero-order valence-electron chi connectivity index (χ0n) is 9.82. The summed E-state index contributed by atoms with van der Waals surface area (Å²) in [5.41, 5.74) is -0.808. The molecule has 0 aliphatic heterocycles. The molecule has 1 heterocycles. The van der Waals surface area contributed by atoms with E-state index >= 15 is 0 Å². The van der Waals surface area contributed by atoms with Crippen LogP contribution in [0.4, 0.5) is 0 Å². The van der Waals surface area contributed by atoms with Gasteiger partial charge in [0.05, 0.1) is 0 Å². The normalized spacial score (nSPS) is 29.6. The van der Waals surface area contributed by atoms with Crippen molar-refractivity contribution in [2.24, 2.45) is 5.41 Å². The fraction of sp³-hybridized carbons (Fsp3) is 0.750. The third-order valence-electron chi connectivity index (χ3n) is 3.89. The van der Waals surface area contributed by atoms with Gasteiger partial charge < -0.3 is 9.67 Å². The Hall–Kier alpha value is -0.830. The van der Waals surface area contributed by atoms with Crippen LogP contribution in [0.2, 0.25) is 0 Å². The van der Waals surface area contributed by atoms with E-state index in [0.717, 1.165) is 31.6 Å². The number of imidazole rings is 1. The third kappa shape index (κ3) is 1.41. The van der Waals surface area contributed by atoms with E-state index < -0.39 is 5.60 Å². The Bertz CT molecular complexity index is 356. The van der Waals surface area contributed by atoms with Gasteiger partial charge in [-0.2, -0.15) is 0 Å². The molecule has 0 bridgehead atoms. The lowest BCUT2D eigenvalue weighted by molar-refractivity contribution is -0.0585. The van der Waals surface area contributed by atoms with Crippen LogP contribution in [0.3, 0.4) is 0 Å². The van der Waals surface area contributed by atoms with Gasteiger partial charge in [-0.3, -0.25) is 0 Å². The molecular weight excluding hydrogens is 188 g/mol. The van der Waals surface area contributed by atoms with E-state index in [0.29, 0.717) is 0 Å². The summed E-state index contributed by atoms with van der Waals surface area (Å²) in [4.78, 5) is 4.35. The molecular formula is C12H20N2O. The summed E-state index contributed by atoms with van der Waals surface area (Å²) in [6.45, 7) is 7.22. The van der Waals surface area contributed by atoms with E-state index in [1.807, 2.05) is 10.8 Å². The monoisotopic (exact) mass is 208 g/mol. The highest BCUT2D eigenvalue weighted by molar-refractivity contribution is 5.13. The summed E-state index contributed by atoms with van der Waals surface area (Å²) >= 11 is 0. The Kier molecular flexibility index (Phi) is 2.38. The second-order valence-corrected chi connectivity index (χ2v) is 5.13. The van der Waals surface area contributed by atoms with Crippen LogP contribution in [0, 0.1) is 5.41 Å². The molecule has 1 aliphatic rings. The Morgan fingerprint density at radius 3 is 2.73 bits per heavy atom. The van der Waals surface area contributed by atoms with Gasteiger partial charge in [-0.1, -0.05) is 13.8 Å². The van der Waals surface area contributed by atoms with Gasteiger partial charge in [0.15, 0.2) is 0 Å². The highest BCUT2D eigenvalue weighted by Gasteiger charge is 2.51. The summed E-state index contributed by atoms with van der Waals surface area (Å²) in [6, 6.07) is 0. The number of nitrogens with zero attached hydrogens (tertiary/aromatic N) is 2. The first-order chi connectivity index (χ1) is 7.01. The average Bonchev–Trinajstić information content (AvgIpc) is 2.72. The molecule has 84 valence electrons. The number of hydrogen-bond donors (Lipinski definition) is 1. The minimum atomic E-state index is -0.744. The summed E-state index contributed by atoms with van der Waals surface area (Å²) in [7, 11) is 0. The third-order valence-corrected chi connectivity index (χ3v) is 3.89. The topological polar surface area (TPSA) is 38.0 Å². The van der Waals surface area contributed by atoms with Gasteiger partial charge in [0, 0.05) is 24.4 Å². The maximum atomic E-state index is 10.8. The largest absolute Gasteiger partial charge is 0.381 e. The minimum absolute atomic E-state index is 0.0642. The van der Waals surface area contributed by atoms with Crippen molar-refractivity contribution in [2.45, 2.75) is 52.2 Å². The van der Waals surface area contributed by atoms with Gasteiger partial charge in [-0.05, 0) is 26.2 Å². The molecule has 1 fully saturated rings. The molecule has 1 saturated carbocycles. The molecule has 0 spiro atoms. The van der Waals surface area contributed by atoms with Crippen molar-refractivity contribution in [1.29, 1.82) is 0 Å². The van der Waals surface area contributed by atoms with Crippen LogP contribution in [0.5, 0.6) is 0 Å². The number of aromatic nitrogens is 2. The van der Waals surface area contributed by atoms with Gasteiger partial charge in [0.25, 0.3) is 0 Å². The summed E-state index contributed by atoms with van der Waals surface area (Å²) in [6.07, 6.45) is 6.71. The molecule has 1 N–H and O–H groups in total. The second kappa shape index (κ2) is 3.34. The molecule has 0 radical (unpaired) electrons. The van der Waals surface area contributed by atoms with Crippen molar-refractivity contribution < 1.29 is 5.11 Å². The van der Waals surface area contributed by atoms with Gasteiger partial charge in [-0.25, -0.2) is 4.98 Å². The first-order valence-corrected chi connectivity index (χ1v) is 5.75. The van der Waals surface area contributed by atoms with E-state index in [4.69, 9.17) is 0 Å². The average molecular weight is 208 g/mol. The molecule has 1 unspecified atom stereocenters. The maximum Gasteiger partial charge on any atom is 0.141 e. The van der Waals surface area contributed by atoms with Gasteiger partial charge >= 0.3 is 0 Å². The van der Waals surface area contributed by atoms with Crippen LogP contribution < -0.4 is 0 Å². The lowest BCUT2D eigenvalue weighted by Gasteiger charge is -2.36. The molecule has 0 amide bonds. The van der Waals surface area contributed by atoms with Crippen LogP contribution in [0.15, 0.2) is 12.4 Å². The van der Waals surface area contributed by atoms with Crippen molar-refractivity contribution >= 4 is 0 Å². The zero-order valence-corrected chi connectivity index (χ0v) is 9.82. The van der Waals surface area contributed by atoms with Gasteiger partial charge in [-0.15, -0.1) is 0 Å². The summed E-state index contributed by atoms with van der Waals surface area (Å²) in [5, 5.41) is 10.8. The van der Waals surface area contributed by atoms with E-state index in [1.165, 1.54) is 0 Å². The number of aryl methyl sites for hydroxylation is 1. The Morgan fingerprint density at radius 2 is 2.20 bits per heavy atom. The molecule has 3 nitrogen and oxygen atoms in total. The fourth-order valence-corrected chi connectivity index (χ4v) is 2.67. The Labute approximate surface area is 91.1 Å². The predicted octanol–water partition coefficient (Wildman–Crippen LogP) is 2.30. The van der Waals surface area contributed by atoms with E-state index in [9.17, 15) is 5.11 Å². The summed E-state index contributed by atoms with van der Waals surface area (Å²) < 4.78 is 2.05. The first kappa shape index (κ1) is 10.7. The highest BCUT2D eigenvalue weighted by atomic mass is 16.3. The molecule has 3 heteroatoms. The van der Waals surface area contributed by atoms with E-state index in [2.05, 4.69) is 25.8 Å². The molecule has 0 saturated heterocycles. The lowest BCUT2D eigenvalue weighted by Crippen LogP contribution is -2.39. The van der Waals surface area contributed by atoms with Crippen molar-refractivity contribution in [2.75, 3.05) is 0 Å². The van der Waals surface area contributed by atoms with Crippen molar-refractivity contribution in [3.05, 3.63) is 18.2 Å². The van der Waals surface area contributed by atoms with Crippen molar-refractivity contribution in [3.63, 3.8) is 0 Å². The van der Waals surface area contributed by atoms with Crippen molar-refractivity contribution in [1.82, 2.24) is 9.55 Å². The van der Waals surface area contributed by atoms with Crippen molar-refractivity contribution in [3.8, 4) is 0 Å². The fourth-order valence-electron chi connectivity index (χ4n) is 2.67. The molecule has 0 aromatic carbocycles. The van der Waals surface area contributed by atoms with Crippen LogP contribution in [-0.4, -0.2) is 14.7 Å². The smallest absolute Gasteiger partial charge is 0.141 e. The number of rotatable bonds is 2.